The van der Waals surface area contributed by atoms with Crippen LogP contribution in [0.15, 0.2) is 54.6 Å². The van der Waals surface area contributed by atoms with Crippen LogP contribution in [0, 0.1) is 0 Å². The summed E-state index contributed by atoms with van der Waals surface area (Å²) in [6, 6.07) is 16.4. The molecule has 2 amide bonds. The highest BCUT2D eigenvalue weighted by atomic mass is 16.5. The first kappa shape index (κ1) is 18.7. The van der Waals surface area contributed by atoms with Crippen LogP contribution in [0.4, 0.5) is 0 Å². The van der Waals surface area contributed by atoms with Gasteiger partial charge in [-0.2, -0.15) is 0 Å². The van der Waals surface area contributed by atoms with Crippen molar-refractivity contribution in [1.82, 2.24) is 10.6 Å². The van der Waals surface area contributed by atoms with E-state index in [1.165, 1.54) is 0 Å². The summed E-state index contributed by atoms with van der Waals surface area (Å²) in [5.74, 6) is -0.396. The van der Waals surface area contributed by atoms with E-state index < -0.39 is 0 Å². The topological polar surface area (TPSA) is 67.4 Å². The van der Waals surface area contributed by atoms with Gasteiger partial charge in [0.05, 0.1) is 6.04 Å². The molecular formula is C20H24N2O3. The number of hydrogen-bond acceptors (Lipinski definition) is 3. The fraction of sp³-hybridized carbons (Fsp3) is 0.300. The number of rotatable bonds is 8. The van der Waals surface area contributed by atoms with Crippen molar-refractivity contribution in [2.75, 3.05) is 20.3 Å². The van der Waals surface area contributed by atoms with Crippen molar-refractivity contribution in [2.24, 2.45) is 0 Å². The van der Waals surface area contributed by atoms with Crippen molar-refractivity contribution in [3.05, 3.63) is 71.3 Å². The molecule has 0 bridgehead atoms. The molecule has 1 unspecified atom stereocenters. The van der Waals surface area contributed by atoms with Gasteiger partial charge < -0.3 is 15.4 Å². The minimum atomic E-state index is -0.203. The van der Waals surface area contributed by atoms with Crippen LogP contribution in [0.2, 0.25) is 0 Å². The Hall–Kier alpha value is -2.66. The zero-order valence-electron chi connectivity index (χ0n) is 14.6. The Morgan fingerprint density at radius 1 is 1.00 bits per heavy atom. The zero-order valence-corrected chi connectivity index (χ0v) is 14.6. The summed E-state index contributed by atoms with van der Waals surface area (Å²) in [6.07, 6.45) is 0.747. The first-order chi connectivity index (χ1) is 12.1. The van der Waals surface area contributed by atoms with Gasteiger partial charge in [-0.25, -0.2) is 0 Å². The van der Waals surface area contributed by atoms with Gasteiger partial charge in [-0.05, 0) is 37.1 Å². The molecule has 0 spiro atoms. The lowest BCUT2D eigenvalue weighted by molar-refractivity contribution is 0.0940. The van der Waals surface area contributed by atoms with E-state index in [1.54, 1.807) is 31.4 Å². The predicted molar refractivity (Wildman–Crippen MR) is 97.6 cm³/mol. The summed E-state index contributed by atoms with van der Waals surface area (Å²) in [5, 5.41) is 5.77. The average molecular weight is 340 g/mol. The Kier molecular flexibility index (Phi) is 7.16. The van der Waals surface area contributed by atoms with Gasteiger partial charge in [0, 0.05) is 31.4 Å². The van der Waals surface area contributed by atoms with Crippen LogP contribution in [0.5, 0.6) is 0 Å². The van der Waals surface area contributed by atoms with E-state index in [9.17, 15) is 9.59 Å². The third-order valence-electron chi connectivity index (χ3n) is 3.84. The van der Waals surface area contributed by atoms with Crippen molar-refractivity contribution in [2.45, 2.75) is 19.4 Å². The monoisotopic (exact) mass is 340 g/mol. The van der Waals surface area contributed by atoms with Gasteiger partial charge in [0.25, 0.3) is 11.8 Å². The van der Waals surface area contributed by atoms with Crippen LogP contribution in [0.1, 0.15) is 45.7 Å². The lowest BCUT2D eigenvalue weighted by Gasteiger charge is -2.14. The van der Waals surface area contributed by atoms with Gasteiger partial charge in [-0.15, -0.1) is 0 Å². The normalized spacial score (nSPS) is 11.6. The molecule has 0 saturated carbocycles. The van der Waals surface area contributed by atoms with Gasteiger partial charge in [-0.3, -0.25) is 9.59 Å². The van der Waals surface area contributed by atoms with E-state index in [1.807, 2.05) is 37.3 Å². The number of carbonyl (C=O) groups excluding carboxylic acids is 2. The van der Waals surface area contributed by atoms with Gasteiger partial charge in [0.2, 0.25) is 0 Å². The maximum Gasteiger partial charge on any atom is 0.251 e. The third kappa shape index (κ3) is 5.72. The van der Waals surface area contributed by atoms with Gasteiger partial charge >= 0.3 is 0 Å². The number of benzene rings is 2. The van der Waals surface area contributed by atoms with Crippen molar-refractivity contribution >= 4 is 11.8 Å². The van der Waals surface area contributed by atoms with Crippen molar-refractivity contribution in [3.63, 3.8) is 0 Å². The summed E-state index contributed by atoms with van der Waals surface area (Å²) in [4.78, 5) is 24.6. The molecule has 5 nitrogen and oxygen atoms in total. The lowest BCUT2D eigenvalue weighted by Crippen LogP contribution is -2.28. The van der Waals surface area contributed by atoms with Crippen molar-refractivity contribution in [1.29, 1.82) is 0 Å². The zero-order chi connectivity index (χ0) is 18.1. The van der Waals surface area contributed by atoms with Crippen LogP contribution in [-0.2, 0) is 4.74 Å². The van der Waals surface area contributed by atoms with Crippen LogP contribution in [-0.4, -0.2) is 32.1 Å². The van der Waals surface area contributed by atoms with Gasteiger partial charge in [0.15, 0.2) is 0 Å². The van der Waals surface area contributed by atoms with Crippen LogP contribution in [0.3, 0.4) is 0 Å². The maximum atomic E-state index is 12.4. The molecule has 1 atom stereocenters. The van der Waals surface area contributed by atoms with E-state index in [4.69, 9.17) is 4.74 Å². The smallest absolute Gasteiger partial charge is 0.251 e. The predicted octanol–water partition coefficient (Wildman–Crippen LogP) is 2.94. The Morgan fingerprint density at radius 2 is 1.68 bits per heavy atom. The molecule has 0 aliphatic carbocycles. The molecule has 2 aromatic rings. The number of ether oxygens (including phenoxy) is 1. The second-order valence-electron chi connectivity index (χ2n) is 5.79. The van der Waals surface area contributed by atoms with E-state index in [0.717, 1.165) is 12.0 Å². The minimum Gasteiger partial charge on any atom is -0.385 e. The van der Waals surface area contributed by atoms with Crippen LogP contribution >= 0.6 is 0 Å². The van der Waals surface area contributed by atoms with E-state index in [2.05, 4.69) is 10.6 Å². The quantitative estimate of drug-likeness (QED) is 0.726. The van der Waals surface area contributed by atoms with Gasteiger partial charge in [-0.1, -0.05) is 36.4 Å². The summed E-state index contributed by atoms with van der Waals surface area (Å²) < 4.78 is 4.95. The minimum absolute atomic E-state index is 0.111. The lowest BCUT2D eigenvalue weighted by atomic mass is 10.1. The molecule has 0 fully saturated rings. The summed E-state index contributed by atoms with van der Waals surface area (Å²) in [5.41, 5.74) is 1.97. The molecule has 2 aromatic carbocycles. The molecule has 0 heterocycles. The largest absolute Gasteiger partial charge is 0.385 e. The number of hydrogen-bond donors (Lipinski definition) is 2. The molecule has 0 aromatic heterocycles. The third-order valence-corrected chi connectivity index (χ3v) is 3.84. The highest BCUT2D eigenvalue weighted by Gasteiger charge is 2.13. The first-order valence-corrected chi connectivity index (χ1v) is 8.35. The molecule has 5 heteroatoms. The van der Waals surface area contributed by atoms with Crippen LogP contribution in [0.25, 0.3) is 0 Å². The highest BCUT2D eigenvalue weighted by molar-refractivity contribution is 5.99. The van der Waals surface area contributed by atoms with E-state index in [0.29, 0.717) is 24.3 Å². The second kappa shape index (κ2) is 9.59. The molecule has 132 valence electrons. The summed E-state index contributed by atoms with van der Waals surface area (Å²) in [6.45, 7) is 3.06. The number of carbonyl (C=O) groups is 2. The summed E-state index contributed by atoms with van der Waals surface area (Å²) in [7, 11) is 1.63. The second-order valence-corrected chi connectivity index (χ2v) is 5.79. The molecule has 0 saturated heterocycles. The molecular weight excluding hydrogens is 316 g/mol. The molecule has 2 rings (SSSR count). The Labute approximate surface area is 148 Å². The molecule has 25 heavy (non-hydrogen) atoms. The van der Waals surface area contributed by atoms with Crippen molar-refractivity contribution < 1.29 is 14.3 Å². The van der Waals surface area contributed by atoms with Crippen molar-refractivity contribution in [3.8, 4) is 0 Å². The SMILES string of the molecule is COCCCNC(=O)c1cccc(C(=O)NC(C)c2ccccc2)c1. The standard InChI is InChI=1S/C20H24N2O3/c1-15(16-8-4-3-5-9-16)22-20(24)18-11-6-10-17(14-18)19(23)21-12-7-13-25-2/h3-6,8-11,14-15H,7,12-13H2,1-2H3,(H,21,23)(H,22,24). The number of methoxy groups -OCH3 is 1. The molecule has 0 aliphatic rings. The fourth-order valence-corrected chi connectivity index (χ4v) is 2.43. The molecule has 0 aliphatic heterocycles. The number of amides is 2. The highest BCUT2D eigenvalue weighted by Crippen LogP contribution is 2.13. The van der Waals surface area contributed by atoms with Crippen LogP contribution < -0.4 is 10.6 Å². The van der Waals surface area contributed by atoms with Gasteiger partial charge in [0.1, 0.15) is 0 Å². The first-order valence-electron chi connectivity index (χ1n) is 8.35. The fourth-order valence-electron chi connectivity index (χ4n) is 2.43. The number of nitrogens with one attached hydrogen (secondary N) is 2. The Balaban J connectivity index is 1.97. The molecule has 2 N–H and O–H groups in total. The Morgan fingerprint density at radius 3 is 2.36 bits per heavy atom. The average Bonchev–Trinajstić information content (AvgIpc) is 2.65. The maximum absolute atomic E-state index is 12.4. The van der Waals surface area contributed by atoms with E-state index in [-0.39, 0.29) is 17.9 Å². The van der Waals surface area contributed by atoms with E-state index >= 15 is 0 Å². The molecule has 0 radical (unpaired) electrons. The summed E-state index contributed by atoms with van der Waals surface area (Å²) >= 11 is 0. The Bertz CT molecular complexity index is 701.